The SMILES string of the molecule is CC[C@]1(C)NC(=O)[C@H](CCCCCC(=O)[C@@H](C)O[Si](c2ccccc2)(c2ccccc2)C(C)(C)C)NC(=O)[C@H]2CCCN2C(=O)[C@H](Cc2ccncc2)NC1=O. The van der Waals surface area contributed by atoms with E-state index >= 15 is 0 Å². The van der Waals surface area contributed by atoms with Crippen LogP contribution in [0.1, 0.15) is 98.5 Å². The fraction of sp³-hybridized carbons (Fsp3) is 0.500. The molecular formula is C44H59N5O6Si. The number of fused-ring (bicyclic) bond motifs is 1. The lowest BCUT2D eigenvalue weighted by atomic mass is 9.94. The fourth-order valence-electron chi connectivity index (χ4n) is 8.03. The average Bonchev–Trinajstić information content (AvgIpc) is 3.69. The molecule has 5 rings (SSSR count). The molecule has 2 aliphatic heterocycles. The van der Waals surface area contributed by atoms with Crippen LogP contribution in [0.2, 0.25) is 5.04 Å². The van der Waals surface area contributed by atoms with Crippen LogP contribution in [0, 0.1) is 0 Å². The zero-order chi connectivity index (χ0) is 40.5. The molecule has 0 saturated carbocycles. The van der Waals surface area contributed by atoms with Crippen LogP contribution >= 0.6 is 0 Å². The largest absolute Gasteiger partial charge is 0.398 e. The number of benzene rings is 2. The third kappa shape index (κ3) is 9.63. The molecule has 0 spiro atoms. The van der Waals surface area contributed by atoms with Crippen molar-refractivity contribution in [1.29, 1.82) is 0 Å². The molecule has 11 nitrogen and oxygen atoms in total. The van der Waals surface area contributed by atoms with E-state index in [1.807, 2.05) is 43.3 Å². The van der Waals surface area contributed by atoms with Crippen LogP contribution in [0.5, 0.6) is 0 Å². The lowest BCUT2D eigenvalue weighted by Crippen LogP contribution is -2.68. The third-order valence-electron chi connectivity index (χ3n) is 11.5. The topological polar surface area (TPSA) is 147 Å². The summed E-state index contributed by atoms with van der Waals surface area (Å²) in [6, 6.07) is 21.5. The first kappa shape index (κ1) is 42.5. The van der Waals surface area contributed by atoms with Gasteiger partial charge in [0.25, 0.3) is 8.32 Å². The number of unbranched alkanes of at least 4 members (excludes halogenated alkanes) is 2. The number of ketones is 1. The number of carbonyl (C=O) groups excluding carboxylic acids is 5. The Kier molecular flexibility index (Phi) is 14.0. The summed E-state index contributed by atoms with van der Waals surface area (Å²) in [7, 11) is -2.91. The van der Waals surface area contributed by atoms with E-state index in [0.717, 1.165) is 15.9 Å². The smallest absolute Gasteiger partial charge is 0.262 e. The summed E-state index contributed by atoms with van der Waals surface area (Å²) in [5.41, 5.74) is -0.509. The van der Waals surface area contributed by atoms with Gasteiger partial charge in [0.1, 0.15) is 29.8 Å². The molecule has 1 aromatic heterocycles. The second kappa shape index (κ2) is 18.5. The van der Waals surface area contributed by atoms with Gasteiger partial charge < -0.3 is 25.3 Å². The number of hydrogen-bond donors (Lipinski definition) is 3. The average molecular weight is 782 g/mol. The zero-order valence-electron chi connectivity index (χ0n) is 33.8. The summed E-state index contributed by atoms with van der Waals surface area (Å²) in [5, 5.41) is 10.7. The molecule has 56 heavy (non-hydrogen) atoms. The Morgan fingerprint density at radius 3 is 2.11 bits per heavy atom. The Bertz CT molecular complexity index is 1780. The minimum atomic E-state index is -2.91. The Morgan fingerprint density at radius 2 is 1.52 bits per heavy atom. The van der Waals surface area contributed by atoms with Crippen molar-refractivity contribution in [3.8, 4) is 0 Å². The number of carbonyl (C=O) groups is 5. The second-order valence-electron chi connectivity index (χ2n) is 16.5. The van der Waals surface area contributed by atoms with E-state index < -0.39 is 49.9 Å². The number of pyridine rings is 1. The molecule has 4 amide bonds. The maximum Gasteiger partial charge on any atom is 0.262 e. The van der Waals surface area contributed by atoms with Crippen LogP contribution in [-0.4, -0.2) is 83.9 Å². The van der Waals surface area contributed by atoms with Gasteiger partial charge in [-0.2, -0.15) is 0 Å². The maximum absolute atomic E-state index is 14.0. The highest BCUT2D eigenvalue weighted by atomic mass is 28.4. The molecule has 2 fully saturated rings. The van der Waals surface area contributed by atoms with Crippen LogP contribution in [0.4, 0.5) is 0 Å². The standard InChI is InChI=1S/C44H59N5O6Si/c1-7-44(6)42(54)47-36(30-32-25-27-45-28-26-32)41(53)49-29-17-23-37(49)40(52)46-35(39(51)48-44)22-15-10-16-24-38(50)31(2)55-56(43(3,4)5,33-18-11-8-12-19-33)34-20-13-9-14-21-34/h8-9,11-14,18-21,25-28,31,35-37H,7,10,15-17,22-24,29-30H2,1-6H3,(H,46,52)(H,47,54)(H,48,51)/t31-,35+,36+,37-,44+/m1/s1. The van der Waals surface area contributed by atoms with E-state index in [0.29, 0.717) is 51.5 Å². The van der Waals surface area contributed by atoms with E-state index in [1.165, 1.54) is 0 Å². The van der Waals surface area contributed by atoms with Gasteiger partial charge in [-0.3, -0.25) is 29.0 Å². The number of hydrogen-bond acceptors (Lipinski definition) is 7. The Hall–Kier alpha value is -4.68. The summed E-state index contributed by atoms with van der Waals surface area (Å²) in [5.74, 6) is -1.60. The van der Waals surface area contributed by atoms with Gasteiger partial charge >= 0.3 is 0 Å². The van der Waals surface area contributed by atoms with Crippen molar-refractivity contribution in [2.24, 2.45) is 0 Å². The van der Waals surface area contributed by atoms with Crippen LogP contribution in [0.15, 0.2) is 85.2 Å². The lowest BCUT2D eigenvalue weighted by Gasteiger charge is -2.44. The van der Waals surface area contributed by atoms with Crippen LogP contribution in [0.25, 0.3) is 0 Å². The molecular weight excluding hydrogens is 723 g/mol. The van der Waals surface area contributed by atoms with Crippen LogP contribution < -0.4 is 26.3 Å². The predicted molar refractivity (Wildman–Crippen MR) is 220 cm³/mol. The van der Waals surface area contributed by atoms with Crippen LogP contribution in [-0.2, 0) is 34.8 Å². The summed E-state index contributed by atoms with van der Waals surface area (Å²) in [6.07, 6.45) is 6.65. The van der Waals surface area contributed by atoms with E-state index in [-0.39, 0.29) is 35.5 Å². The van der Waals surface area contributed by atoms with Gasteiger partial charge in [-0.1, -0.05) is 101 Å². The van der Waals surface area contributed by atoms with Crippen molar-refractivity contribution in [3.05, 3.63) is 90.8 Å². The molecule has 0 radical (unpaired) electrons. The number of nitrogens with zero attached hydrogens (tertiary/aromatic N) is 2. The molecule has 3 N–H and O–H groups in total. The highest BCUT2D eigenvalue weighted by molar-refractivity contribution is 6.99. The molecule has 300 valence electrons. The minimum Gasteiger partial charge on any atom is -0.398 e. The molecule has 0 aliphatic carbocycles. The van der Waals surface area contributed by atoms with Gasteiger partial charge in [-0.15, -0.1) is 0 Å². The van der Waals surface area contributed by atoms with Gasteiger partial charge in [0.2, 0.25) is 23.6 Å². The zero-order valence-corrected chi connectivity index (χ0v) is 34.8. The van der Waals surface area contributed by atoms with E-state index in [4.69, 9.17) is 4.43 Å². The van der Waals surface area contributed by atoms with Gasteiger partial charge in [-0.25, -0.2) is 0 Å². The quantitative estimate of drug-likeness (QED) is 0.163. The molecule has 12 heteroatoms. The monoisotopic (exact) mass is 781 g/mol. The summed E-state index contributed by atoms with van der Waals surface area (Å²) in [6.45, 7) is 12.2. The first-order chi connectivity index (χ1) is 26.7. The number of amides is 4. The highest BCUT2D eigenvalue weighted by Crippen LogP contribution is 2.37. The number of nitrogens with one attached hydrogen (secondary N) is 3. The Balaban J connectivity index is 1.25. The maximum atomic E-state index is 14.0. The molecule has 5 atom stereocenters. The van der Waals surface area contributed by atoms with Crippen molar-refractivity contribution >= 4 is 48.1 Å². The first-order valence-corrected chi connectivity index (χ1v) is 22.1. The van der Waals surface area contributed by atoms with Crippen molar-refractivity contribution in [1.82, 2.24) is 25.8 Å². The summed E-state index contributed by atoms with van der Waals surface area (Å²) >= 11 is 0. The second-order valence-corrected chi connectivity index (χ2v) is 20.8. The molecule has 3 aromatic rings. The van der Waals surface area contributed by atoms with E-state index in [2.05, 4.69) is 66.0 Å². The van der Waals surface area contributed by atoms with Gasteiger partial charge in [0, 0.05) is 31.8 Å². The normalized spacial score (nSPS) is 22.9. The fourth-order valence-corrected chi connectivity index (χ4v) is 12.7. The van der Waals surface area contributed by atoms with Crippen molar-refractivity contribution in [2.75, 3.05) is 6.54 Å². The third-order valence-corrected chi connectivity index (χ3v) is 16.6. The van der Waals surface area contributed by atoms with Crippen molar-refractivity contribution in [3.63, 3.8) is 0 Å². The molecule has 2 saturated heterocycles. The number of rotatable bonds is 14. The van der Waals surface area contributed by atoms with E-state index in [9.17, 15) is 24.0 Å². The summed E-state index contributed by atoms with van der Waals surface area (Å²) in [4.78, 5) is 74.8. The molecule has 0 bridgehead atoms. The molecule has 3 heterocycles. The van der Waals surface area contributed by atoms with Gasteiger partial charge in [0.05, 0.1) is 0 Å². The van der Waals surface area contributed by atoms with Crippen LogP contribution in [0.3, 0.4) is 0 Å². The first-order valence-electron chi connectivity index (χ1n) is 20.1. The Labute approximate surface area is 332 Å². The molecule has 0 unspecified atom stereocenters. The van der Waals surface area contributed by atoms with Gasteiger partial charge in [0.15, 0.2) is 5.78 Å². The predicted octanol–water partition coefficient (Wildman–Crippen LogP) is 4.37. The number of Topliss-reactive ketones (excluding diaryl/α,β-unsaturated/α-hetero) is 1. The van der Waals surface area contributed by atoms with Gasteiger partial charge in [-0.05, 0) is 79.1 Å². The molecule has 2 aromatic carbocycles. The van der Waals surface area contributed by atoms with Crippen molar-refractivity contribution in [2.45, 2.75) is 134 Å². The molecule has 2 aliphatic rings. The van der Waals surface area contributed by atoms with E-state index in [1.54, 1.807) is 43.3 Å². The Morgan fingerprint density at radius 1 is 0.893 bits per heavy atom. The minimum absolute atomic E-state index is 0.0213. The van der Waals surface area contributed by atoms with Crippen molar-refractivity contribution < 1.29 is 28.4 Å². The highest BCUT2D eigenvalue weighted by Gasteiger charge is 2.51. The number of aromatic nitrogens is 1. The lowest BCUT2D eigenvalue weighted by molar-refractivity contribution is -0.144. The summed E-state index contributed by atoms with van der Waals surface area (Å²) < 4.78 is 7.02.